The Kier molecular flexibility index (Phi) is 3.16. The van der Waals surface area contributed by atoms with E-state index in [9.17, 15) is 0 Å². The summed E-state index contributed by atoms with van der Waals surface area (Å²) in [5, 5.41) is 0. The second kappa shape index (κ2) is 3.94. The molecule has 60 valence electrons. The molecule has 1 aliphatic heterocycles. The first-order valence-corrected chi connectivity index (χ1v) is 4.34. The largest absolute Gasteiger partial charge is 0.316 e. The first-order chi connectivity index (χ1) is 4.84. The van der Waals surface area contributed by atoms with Crippen LogP contribution in [0, 0.1) is 0 Å². The Morgan fingerprint density at radius 3 is 2.90 bits per heavy atom. The molecule has 0 spiro atoms. The number of rotatable bonds is 2. The van der Waals surface area contributed by atoms with Gasteiger partial charge in [0.1, 0.15) is 0 Å². The summed E-state index contributed by atoms with van der Waals surface area (Å²) >= 11 is 0. The summed E-state index contributed by atoms with van der Waals surface area (Å²) in [7, 11) is 0. The number of nitrogens with two attached hydrogens (primary N) is 1. The topological polar surface area (TPSA) is 29.3 Å². The van der Waals surface area contributed by atoms with Crippen molar-refractivity contribution in [2.75, 3.05) is 13.1 Å². The van der Waals surface area contributed by atoms with E-state index >= 15 is 0 Å². The molecule has 1 rings (SSSR count). The highest BCUT2D eigenvalue weighted by atomic mass is 15.2. The van der Waals surface area contributed by atoms with E-state index < -0.39 is 0 Å². The quantitative estimate of drug-likeness (QED) is 0.627. The zero-order chi connectivity index (χ0) is 7.40. The monoisotopic (exact) mass is 142 g/mol. The normalized spacial score (nSPS) is 28.8. The Morgan fingerprint density at radius 2 is 2.30 bits per heavy atom. The van der Waals surface area contributed by atoms with E-state index in [1.54, 1.807) is 0 Å². The summed E-state index contributed by atoms with van der Waals surface area (Å²) in [6.45, 7) is 4.61. The van der Waals surface area contributed by atoms with Gasteiger partial charge in [0.15, 0.2) is 0 Å². The van der Waals surface area contributed by atoms with Gasteiger partial charge < -0.3 is 5.73 Å². The van der Waals surface area contributed by atoms with Crippen LogP contribution in [0.15, 0.2) is 0 Å². The molecule has 0 aromatic carbocycles. The molecule has 0 aliphatic carbocycles. The van der Waals surface area contributed by atoms with E-state index in [0.717, 1.165) is 0 Å². The Hall–Kier alpha value is -0.0800. The van der Waals surface area contributed by atoms with E-state index in [2.05, 4.69) is 11.8 Å². The fourth-order valence-corrected chi connectivity index (χ4v) is 1.58. The fraction of sp³-hybridized carbons (Fsp3) is 1.00. The van der Waals surface area contributed by atoms with E-state index in [4.69, 9.17) is 5.73 Å². The Morgan fingerprint density at radius 1 is 1.50 bits per heavy atom. The van der Waals surface area contributed by atoms with Crippen LogP contribution in [0.2, 0.25) is 0 Å². The highest BCUT2D eigenvalue weighted by Crippen LogP contribution is 2.12. The minimum Gasteiger partial charge on any atom is -0.316 e. The van der Waals surface area contributed by atoms with Gasteiger partial charge in [0.25, 0.3) is 0 Å². The van der Waals surface area contributed by atoms with Crippen LogP contribution in [-0.2, 0) is 0 Å². The SMILES string of the molecule is CCCN1CCCCC1N. The summed E-state index contributed by atoms with van der Waals surface area (Å²) in [5.41, 5.74) is 5.89. The summed E-state index contributed by atoms with van der Waals surface area (Å²) in [4.78, 5) is 2.39. The molecule has 2 heteroatoms. The van der Waals surface area contributed by atoms with Gasteiger partial charge in [0, 0.05) is 0 Å². The Bertz CT molecular complexity index is 91.3. The van der Waals surface area contributed by atoms with Crippen molar-refractivity contribution in [2.45, 2.75) is 38.8 Å². The van der Waals surface area contributed by atoms with Gasteiger partial charge in [-0.1, -0.05) is 6.92 Å². The molecule has 1 atom stereocenters. The standard InChI is InChI=1S/C8H18N2/c1-2-6-10-7-4-3-5-8(10)9/h8H,2-7,9H2,1H3. The number of hydrogen-bond donors (Lipinski definition) is 1. The molecule has 0 amide bonds. The van der Waals surface area contributed by atoms with Crippen molar-refractivity contribution >= 4 is 0 Å². The van der Waals surface area contributed by atoms with E-state index in [0.29, 0.717) is 6.17 Å². The molecule has 0 bridgehead atoms. The van der Waals surface area contributed by atoms with Crippen LogP contribution >= 0.6 is 0 Å². The molecule has 0 aromatic rings. The zero-order valence-electron chi connectivity index (χ0n) is 6.84. The van der Waals surface area contributed by atoms with Crippen LogP contribution in [0.25, 0.3) is 0 Å². The average molecular weight is 142 g/mol. The second-order valence-corrected chi connectivity index (χ2v) is 3.10. The lowest BCUT2D eigenvalue weighted by Crippen LogP contribution is -2.45. The molecular weight excluding hydrogens is 124 g/mol. The molecule has 10 heavy (non-hydrogen) atoms. The molecule has 1 heterocycles. The molecular formula is C8H18N2. The lowest BCUT2D eigenvalue weighted by atomic mass is 10.1. The van der Waals surface area contributed by atoms with Crippen LogP contribution in [0.5, 0.6) is 0 Å². The van der Waals surface area contributed by atoms with Gasteiger partial charge in [-0.2, -0.15) is 0 Å². The van der Waals surface area contributed by atoms with Crippen molar-refractivity contribution in [3.63, 3.8) is 0 Å². The molecule has 0 radical (unpaired) electrons. The Labute approximate surface area is 63.4 Å². The van der Waals surface area contributed by atoms with Crippen LogP contribution in [-0.4, -0.2) is 24.2 Å². The molecule has 1 saturated heterocycles. The van der Waals surface area contributed by atoms with Gasteiger partial charge in [0.05, 0.1) is 6.17 Å². The van der Waals surface area contributed by atoms with Gasteiger partial charge in [-0.25, -0.2) is 0 Å². The summed E-state index contributed by atoms with van der Waals surface area (Å²) in [6.07, 6.45) is 5.44. The molecule has 2 nitrogen and oxygen atoms in total. The highest BCUT2D eigenvalue weighted by Gasteiger charge is 2.16. The predicted octanol–water partition coefficient (Wildman–Crippen LogP) is 1.17. The lowest BCUT2D eigenvalue weighted by Gasteiger charge is -2.32. The smallest absolute Gasteiger partial charge is 0.0571 e. The maximum absolute atomic E-state index is 5.89. The van der Waals surface area contributed by atoms with Crippen molar-refractivity contribution in [1.82, 2.24) is 4.90 Å². The maximum Gasteiger partial charge on any atom is 0.0571 e. The summed E-state index contributed by atoms with van der Waals surface area (Å²) in [5.74, 6) is 0. The van der Waals surface area contributed by atoms with E-state index in [-0.39, 0.29) is 0 Å². The van der Waals surface area contributed by atoms with Crippen LogP contribution in [0.3, 0.4) is 0 Å². The van der Waals surface area contributed by atoms with E-state index in [1.807, 2.05) is 0 Å². The fourth-order valence-electron chi connectivity index (χ4n) is 1.58. The number of piperidine rings is 1. The Balaban J connectivity index is 2.25. The summed E-state index contributed by atoms with van der Waals surface area (Å²) in [6, 6.07) is 0. The summed E-state index contributed by atoms with van der Waals surface area (Å²) < 4.78 is 0. The van der Waals surface area contributed by atoms with Gasteiger partial charge in [0.2, 0.25) is 0 Å². The number of hydrogen-bond acceptors (Lipinski definition) is 2. The van der Waals surface area contributed by atoms with Gasteiger partial charge in [-0.3, -0.25) is 4.90 Å². The van der Waals surface area contributed by atoms with Crippen molar-refractivity contribution in [2.24, 2.45) is 5.73 Å². The molecule has 2 N–H and O–H groups in total. The van der Waals surface area contributed by atoms with Crippen LogP contribution in [0.4, 0.5) is 0 Å². The predicted molar refractivity (Wildman–Crippen MR) is 43.7 cm³/mol. The van der Waals surface area contributed by atoms with Gasteiger partial charge in [-0.15, -0.1) is 0 Å². The third kappa shape index (κ3) is 1.96. The highest BCUT2D eigenvalue weighted by molar-refractivity contribution is 4.70. The maximum atomic E-state index is 5.89. The van der Waals surface area contributed by atoms with Gasteiger partial charge >= 0.3 is 0 Å². The van der Waals surface area contributed by atoms with Crippen molar-refractivity contribution in [3.05, 3.63) is 0 Å². The van der Waals surface area contributed by atoms with Crippen molar-refractivity contribution < 1.29 is 0 Å². The number of likely N-dealkylation sites (tertiary alicyclic amines) is 1. The molecule has 0 saturated carbocycles. The molecule has 1 aliphatic rings. The van der Waals surface area contributed by atoms with Crippen molar-refractivity contribution in [1.29, 1.82) is 0 Å². The number of nitrogens with zero attached hydrogens (tertiary/aromatic N) is 1. The van der Waals surface area contributed by atoms with Crippen LogP contribution in [0.1, 0.15) is 32.6 Å². The zero-order valence-corrected chi connectivity index (χ0v) is 6.84. The van der Waals surface area contributed by atoms with Crippen molar-refractivity contribution in [3.8, 4) is 0 Å². The third-order valence-corrected chi connectivity index (χ3v) is 2.18. The minimum absolute atomic E-state index is 0.355. The van der Waals surface area contributed by atoms with Crippen LogP contribution < -0.4 is 5.73 Å². The first-order valence-electron chi connectivity index (χ1n) is 4.34. The lowest BCUT2D eigenvalue weighted by molar-refractivity contribution is 0.152. The first kappa shape index (κ1) is 8.02. The third-order valence-electron chi connectivity index (χ3n) is 2.18. The minimum atomic E-state index is 0.355. The molecule has 1 unspecified atom stereocenters. The van der Waals surface area contributed by atoms with E-state index in [1.165, 1.54) is 38.8 Å². The average Bonchev–Trinajstić information content (AvgIpc) is 1.94. The van der Waals surface area contributed by atoms with Gasteiger partial charge in [-0.05, 0) is 38.8 Å². The second-order valence-electron chi connectivity index (χ2n) is 3.10. The molecule has 1 fully saturated rings. The molecule has 0 aromatic heterocycles.